The van der Waals surface area contributed by atoms with Crippen LogP contribution in [0.25, 0.3) is 10.6 Å². The normalized spacial score (nSPS) is 15.4. The van der Waals surface area contributed by atoms with Gasteiger partial charge in [0.2, 0.25) is 5.91 Å². The fourth-order valence-electron chi connectivity index (χ4n) is 4.14. The Morgan fingerprint density at radius 3 is 2.53 bits per heavy atom. The molecule has 2 heterocycles. The number of aliphatic hydroxyl groups excluding tert-OH is 1. The minimum absolute atomic E-state index is 0.0850. The van der Waals surface area contributed by atoms with Crippen molar-refractivity contribution < 1.29 is 19.4 Å². The van der Waals surface area contributed by atoms with Gasteiger partial charge >= 0.3 is 0 Å². The Morgan fingerprint density at radius 2 is 1.84 bits per heavy atom. The number of carbonyl (C=O) groups is 1. The highest BCUT2D eigenvalue weighted by atomic mass is 32.1. The van der Waals surface area contributed by atoms with E-state index in [4.69, 9.17) is 9.47 Å². The Morgan fingerprint density at radius 1 is 1.12 bits per heavy atom. The van der Waals surface area contributed by atoms with Gasteiger partial charge in [-0.05, 0) is 42.5 Å². The molecule has 32 heavy (non-hydrogen) atoms. The van der Waals surface area contributed by atoms with E-state index in [0.717, 1.165) is 34.7 Å². The second-order valence-corrected chi connectivity index (χ2v) is 8.82. The Hall–Kier alpha value is -2.90. The first-order chi connectivity index (χ1) is 15.6. The maximum absolute atomic E-state index is 12.8. The topological polar surface area (TPSA) is 71.9 Å². The molecule has 1 aromatic heterocycles. The third kappa shape index (κ3) is 4.95. The van der Waals surface area contributed by atoms with Gasteiger partial charge in [0, 0.05) is 24.0 Å². The lowest BCUT2D eigenvalue weighted by molar-refractivity contribution is -0.132. The molecule has 1 fully saturated rings. The highest BCUT2D eigenvalue weighted by Crippen LogP contribution is 2.34. The predicted molar refractivity (Wildman–Crippen MR) is 125 cm³/mol. The molecule has 0 aliphatic carbocycles. The molecular formula is C25H28N2O4S. The fourth-order valence-corrected chi connectivity index (χ4v) is 4.96. The fraction of sp³-hybridized carbons (Fsp3) is 0.360. The van der Waals surface area contributed by atoms with Crippen molar-refractivity contribution in [1.82, 2.24) is 9.88 Å². The zero-order chi connectivity index (χ0) is 22.5. The number of methoxy groups -OCH3 is 2. The van der Waals surface area contributed by atoms with Crippen LogP contribution in [-0.4, -0.2) is 48.2 Å². The van der Waals surface area contributed by atoms with Crippen LogP contribution in [0.4, 0.5) is 0 Å². The molecule has 3 aromatic rings. The number of nitrogens with zero attached hydrogens (tertiary/aromatic N) is 2. The first kappa shape index (κ1) is 22.3. The summed E-state index contributed by atoms with van der Waals surface area (Å²) in [5.74, 6) is 1.58. The van der Waals surface area contributed by atoms with Gasteiger partial charge in [-0.25, -0.2) is 4.98 Å². The predicted octanol–water partition coefficient (Wildman–Crippen LogP) is 4.34. The Labute approximate surface area is 192 Å². The SMILES string of the molecule is COc1ccc(-c2nc(CC(=O)N3CCC(C(O)c4ccccc4)CC3)cs2)cc1OC. The number of thiazole rings is 1. The molecule has 4 rings (SSSR count). The first-order valence-corrected chi connectivity index (χ1v) is 11.6. The van der Waals surface area contributed by atoms with Gasteiger partial charge < -0.3 is 19.5 Å². The maximum atomic E-state index is 12.8. The molecule has 1 aliphatic rings. The van der Waals surface area contributed by atoms with Crippen molar-refractivity contribution >= 4 is 17.2 Å². The molecule has 2 aromatic carbocycles. The zero-order valence-electron chi connectivity index (χ0n) is 18.4. The molecule has 1 atom stereocenters. The number of piperidine rings is 1. The van der Waals surface area contributed by atoms with Crippen LogP contribution >= 0.6 is 11.3 Å². The van der Waals surface area contributed by atoms with E-state index in [1.54, 1.807) is 14.2 Å². The molecule has 0 spiro atoms. The van der Waals surface area contributed by atoms with E-state index in [-0.39, 0.29) is 18.2 Å². The van der Waals surface area contributed by atoms with Gasteiger partial charge in [-0.15, -0.1) is 11.3 Å². The molecule has 7 heteroatoms. The zero-order valence-corrected chi connectivity index (χ0v) is 19.2. The van der Waals surface area contributed by atoms with Gasteiger partial charge in [0.15, 0.2) is 11.5 Å². The lowest BCUT2D eigenvalue weighted by Gasteiger charge is -2.34. The van der Waals surface area contributed by atoms with Crippen molar-refractivity contribution in [3.8, 4) is 22.1 Å². The van der Waals surface area contributed by atoms with E-state index >= 15 is 0 Å². The van der Waals surface area contributed by atoms with E-state index < -0.39 is 6.10 Å². The van der Waals surface area contributed by atoms with Gasteiger partial charge in [0.25, 0.3) is 0 Å². The summed E-state index contributed by atoms with van der Waals surface area (Å²) in [7, 11) is 3.21. The molecule has 0 bridgehead atoms. The summed E-state index contributed by atoms with van der Waals surface area (Å²) in [4.78, 5) is 19.4. The molecule has 1 aliphatic heterocycles. The molecule has 1 unspecified atom stereocenters. The number of rotatable bonds is 7. The number of amides is 1. The number of aromatic nitrogens is 1. The van der Waals surface area contributed by atoms with Crippen molar-refractivity contribution in [2.75, 3.05) is 27.3 Å². The van der Waals surface area contributed by atoms with E-state index in [1.165, 1.54) is 11.3 Å². The molecule has 0 saturated carbocycles. The summed E-state index contributed by atoms with van der Waals surface area (Å²) in [6, 6.07) is 15.4. The second-order valence-electron chi connectivity index (χ2n) is 7.96. The van der Waals surface area contributed by atoms with Gasteiger partial charge in [0.05, 0.1) is 32.4 Å². The van der Waals surface area contributed by atoms with Crippen LogP contribution in [0.2, 0.25) is 0 Å². The average Bonchev–Trinajstić information content (AvgIpc) is 3.32. The van der Waals surface area contributed by atoms with Crippen molar-refractivity contribution in [1.29, 1.82) is 0 Å². The van der Waals surface area contributed by atoms with E-state index in [0.29, 0.717) is 24.6 Å². The molecular weight excluding hydrogens is 424 g/mol. The van der Waals surface area contributed by atoms with Crippen LogP contribution in [0.5, 0.6) is 11.5 Å². The molecule has 0 radical (unpaired) electrons. The molecule has 168 valence electrons. The number of aliphatic hydroxyl groups is 1. The summed E-state index contributed by atoms with van der Waals surface area (Å²) < 4.78 is 10.7. The van der Waals surface area contributed by atoms with Crippen molar-refractivity contribution in [2.24, 2.45) is 5.92 Å². The molecule has 1 N–H and O–H groups in total. The Bertz CT molecular complexity index is 1050. The number of likely N-dealkylation sites (tertiary alicyclic amines) is 1. The van der Waals surface area contributed by atoms with Gasteiger partial charge in [-0.1, -0.05) is 30.3 Å². The van der Waals surface area contributed by atoms with Gasteiger partial charge in [-0.3, -0.25) is 4.79 Å². The molecule has 1 amide bonds. The van der Waals surface area contributed by atoms with Crippen LogP contribution < -0.4 is 9.47 Å². The van der Waals surface area contributed by atoms with Crippen LogP contribution in [0.15, 0.2) is 53.9 Å². The lowest BCUT2D eigenvalue weighted by Crippen LogP contribution is -2.40. The highest BCUT2D eigenvalue weighted by molar-refractivity contribution is 7.13. The third-order valence-corrected chi connectivity index (χ3v) is 6.93. The number of hydrogen-bond donors (Lipinski definition) is 1. The van der Waals surface area contributed by atoms with Gasteiger partial charge in [0.1, 0.15) is 5.01 Å². The second kappa shape index (κ2) is 10.1. The van der Waals surface area contributed by atoms with E-state index in [2.05, 4.69) is 4.98 Å². The molecule has 1 saturated heterocycles. The molecule has 6 nitrogen and oxygen atoms in total. The van der Waals surface area contributed by atoms with E-state index in [9.17, 15) is 9.90 Å². The summed E-state index contributed by atoms with van der Waals surface area (Å²) in [6.45, 7) is 1.33. The van der Waals surface area contributed by atoms with Crippen LogP contribution in [0.3, 0.4) is 0 Å². The van der Waals surface area contributed by atoms with Crippen LogP contribution in [0, 0.1) is 5.92 Å². The largest absolute Gasteiger partial charge is 0.493 e. The van der Waals surface area contributed by atoms with Gasteiger partial charge in [-0.2, -0.15) is 0 Å². The lowest BCUT2D eigenvalue weighted by atomic mass is 9.87. The minimum Gasteiger partial charge on any atom is -0.493 e. The average molecular weight is 453 g/mol. The standard InChI is InChI=1S/C25H28N2O4S/c1-30-21-9-8-19(14-22(21)31-2)25-26-20(16-32-25)15-23(28)27-12-10-18(11-13-27)24(29)17-6-4-3-5-7-17/h3-9,14,16,18,24,29H,10-13,15H2,1-2H3. The number of hydrogen-bond acceptors (Lipinski definition) is 6. The highest BCUT2D eigenvalue weighted by Gasteiger charge is 2.28. The number of carbonyl (C=O) groups excluding carboxylic acids is 1. The summed E-state index contributed by atoms with van der Waals surface area (Å²) in [5.41, 5.74) is 2.65. The Balaban J connectivity index is 1.34. The smallest absolute Gasteiger partial charge is 0.228 e. The first-order valence-electron chi connectivity index (χ1n) is 10.8. The summed E-state index contributed by atoms with van der Waals surface area (Å²) in [6.07, 6.45) is 1.41. The minimum atomic E-state index is -0.476. The maximum Gasteiger partial charge on any atom is 0.228 e. The summed E-state index contributed by atoms with van der Waals surface area (Å²) in [5, 5.41) is 13.4. The number of benzene rings is 2. The van der Waals surface area contributed by atoms with Crippen molar-refractivity contribution in [3.05, 3.63) is 65.2 Å². The van der Waals surface area contributed by atoms with Crippen LogP contribution in [0.1, 0.15) is 30.2 Å². The monoisotopic (exact) mass is 452 g/mol. The number of ether oxygens (including phenoxy) is 2. The summed E-state index contributed by atoms with van der Waals surface area (Å²) >= 11 is 1.51. The Kier molecular flexibility index (Phi) is 7.07. The quantitative estimate of drug-likeness (QED) is 0.577. The van der Waals surface area contributed by atoms with Crippen LogP contribution in [-0.2, 0) is 11.2 Å². The van der Waals surface area contributed by atoms with Crippen molar-refractivity contribution in [2.45, 2.75) is 25.4 Å². The van der Waals surface area contributed by atoms with E-state index in [1.807, 2.05) is 58.8 Å². The third-order valence-electron chi connectivity index (χ3n) is 5.99. The van der Waals surface area contributed by atoms with Crippen molar-refractivity contribution in [3.63, 3.8) is 0 Å².